The van der Waals surface area contributed by atoms with Crippen LogP contribution in [0.5, 0.6) is 0 Å². The van der Waals surface area contributed by atoms with Gasteiger partial charge in [0.05, 0.1) is 17.7 Å². The molecule has 0 amide bonds. The van der Waals surface area contributed by atoms with Crippen LogP contribution in [-0.2, 0) is 9.84 Å². The van der Waals surface area contributed by atoms with Gasteiger partial charge in [-0.3, -0.25) is 0 Å². The van der Waals surface area contributed by atoms with Crippen LogP contribution in [0.25, 0.3) is 0 Å². The second kappa shape index (κ2) is 5.92. The molecule has 1 aliphatic heterocycles. The van der Waals surface area contributed by atoms with Gasteiger partial charge in [0.25, 0.3) is 0 Å². The molecular formula is C11H17ClN4O2S. The lowest BCUT2D eigenvalue weighted by molar-refractivity contribution is 0.595. The molecular weight excluding hydrogens is 288 g/mol. The molecule has 0 saturated carbocycles. The van der Waals surface area contributed by atoms with Crippen molar-refractivity contribution in [1.29, 1.82) is 0 Å². The van der Waals surface area contributed by atoms with Crippen molar-refractivity contribution in [2.24, 2.45) is 5.92 Å². The molecule has 1 saturated heterocycles. The summed E-state index contributed by atoms with van der Waals surface area (Å²) < 4.78 is 22.7. The summed E-state index contributed by atoms with van der Waals surface area (Å²) in [5.41, 5.74) is 0. The van der Waals surface area contributed by atoms with Gasteiger partial charge < -0.3 is 10.6 Å². The minimum Gasteiger partial charge on any atom is -0.368 e. The Morgan fingerprint density at radius 3 is 2.89 bits per heavy atom. The SMILES string of the molecule is CCNc1ncc(Cl)c(NCC2CCS(=O)(=O)C2)n1. The number of hydrogen-bond acceptors (Lipinski definition) is 6. The van der Waals surface area contributed by atoms with E-state index >= 15 is 0 Å². The number of sulfone groups is 1. The second-order valence-electron chi connectivity index (χ2n) is 4.57. The molecule has 0 radical (unpaired) electrons. The van der Waals surface area contributed by atoms with Crippen LogP contribution in [0, 0.1) is 5.92 Å². The van der Waals surface area contributed by atoms with Crippen molar-refractivity contribution >= 4 is 33.2 Å². The molecule has 0 bridgehead atoms. The summed E-state index contributed by atoms with van der Waals surface area (Å²) >= 11 is 6.00. The van der Waals surface area contributed by atoms with Gasteiger partial charge in [-0.15, -0.1) is 0 Å². The highest BCUT2D eigenvalue weighted by Gasteiger charge is 2.27. The largest absolute Gasteiger partial charge is 0.368 e. The van der Waals surface area contributed by atoms with E-state index in [1.165, 1.54) is 6.20 Å². The number of nitrogens with one attached hydrogen (secondary N) is 2. The molecule has 0 aliphatic carbocycles. The molecule has 1 aromatic heterocycles. The minimum atomic E-state index is -2.84. The summed E-state index contributed by atoms with van der Waals surface area (Å²) in [5, 5.41) is 6.54. The van der Waals surface area contributed by atoms with Crippen LogP contribution in [0.1, 0.15) is 13.3 Å². The molecule has 0 spiro atoms. The molecule has 106 valence electrons. The number of aromatic nitrogens is 2. The molecule has 2 N–H and O–H groups in total. The fourth-order valence-electron chi connectivity index (χ4n) is 2.01. The maximum Gasteiger partial charge on any atom is 0.224 e. The first-order valence-corrected chi connectivity index (χ1v) is 8.41. The van der Waals surface area contributed by atoms with Gasteiger partial charge in [0, 0.05) is 13.1 Å². The van der Waals surface area contributed by atoms with Crippen LogP contribution < -0.4 is 10.6 Å². The quantitative estimate of drug-likeness (QED) is 0.855. The minimum absolute atomic E-state index is 0.124. The van der Waals surface area contributed by atoms with Crippen LogP contribution in [0.4, 0.5) is 11.8 Å². The molecule has 1 fully saturated rings. The number of rotatable bonds is 5. The van der Waals surface area contributed by atoms with Gasteiger partial charge in [-0.2, -0.15) is 4.98 Å². The van der Waals surface area contributed by atoms with Gasteiger partial charge in [0.15, 0.2) is 9.84 Å². The Labute approximate surface area is 117 Å². The Bertz CT molecular complexity index is 550. The number of anilines is 2. The highest BCUT2D eigenvalue weighted by Crippen LogP contribution is 2.22. The van der Waals surface area contributed by atoms with E-state index in [0.29, 0.717) is 29.8 Å². The van der Waals surface area contributed by atoms with Crippen LogP contribution in [0.2, 0.25) is 5.02 Å². The van der Waals surface area contributed by atoms with Gasteiger partial charge in [0.2, 0.25) is 5.95 Å². The van der Waals surface area contributed by atoms with E-state index in [1.54, 1.807) is 0 Å². The Morgan fingerprint density at radius 2 is 2.26 bits per heavy atom. The summed E-state index contributed by atoms with van der Waals surface area (Å²) in [6.07, 6.45) is 2.22. The molecule has 0 aromatic carbocycles. The van der Waals surface area contributed by atoms with Gasteiger partial charge >= 0.3 is 0 Å². The van der Waals surface area contributed by atoms with Crippen LogP contribution in [0.15, 0.2) is 6.20 Å². The van der Waals surface area contributed by atoms with Crippen LogP contribution in [-0.4, -0.2) is 43.0 Å². The number of hydrogen-bond donors (Lipinski definition) is 2. The van der Waals surface area contributed by atoms with Gasteiger partial charge in [-0.1, -0.05) is 11.6 Å². The lowest BCUT2D eigenvalue weighted by Gasteiger charge is -2.12. The number of nitrogens with zero attached hydrogens (tertiary/aromatic N) is 2. The normalized spacial score (nSPS) is 21.3. The molecule has 8 heteroatoms. The predicted molar refractivity (Wildman–Crippen MR) is 76.5 cm³/mol. The molecule has 2 rings (SSSR count). The van der Waals surface area contributed by atoms with E-state index in [-0.39, 0.29) is 17.4 Å². The van der Waals surface area contributed by atoms with E-state index in [9.17, 15) is 8.42 Å². The lowest BCUT2D eigenvalue weighted by atomic mass is 10.1. The first-order valence-electron chi connectivity index (χ1n) is 6.21. The maximum absolute atomic E-state index is 11.4. The molecule has 1 atom stereocenters. The van der Waals surface area contributed by atoms with Crippen molar-refractivity contribution in [1.82, 2.24) is 9.97 Å². The Balaban J connectivity index is 1.97. The lowest BCUT2D eigenvalue weighted by Crippen LogP contribution is -2.17. The van der Waals surface area contributed by atoms with Crippen molar-refractivity contribution in [2.45, 2.75) is 13.3 Å². The Morgan fingerprint density at radius 1 is 1.47 bits per heavy atom. The van der Waals surface area contributed by atoms with E-state index in [0.717, 1.165) is 6.54 Å². The first-order chi connectivity index (χ1) is 9.00. The van der Waals surface area contributed by atoms with E-state index < -0.39 is 9.84 Å². The highest BCUT2D eigenvalue weighted by atomic mass is 35.5. The van der Waals surface area contributed by atoms with Gasteiger partial charge in [0.1, 0.15) is 10.8 Å². The topological polar surface area (TPSA) is 84.0 Å². The van der Waals surface area contributed by atoms with E-state index in [1.807, 2.05) is 6.92 Å². The Hall–Kier alpha value is -1.08. The third kappa shape index (κ3) is 3.94. The molecule has 19 heavy (non-hydrogen) atoms. The van der Waals surface area contributed by atoms with Gasteiger partial charge in [-0.25, -0.2) is 13.4 Å². The average Bonchev–Trinajstić information content (AvgIpc) is 2.70. The molecule has 1 aliphatic rings. The zero-order chi connectivity index (χ0) is 13.9. The predicted octanol–water partition coefficient (Wildman–Crippen LogP) is 1.41. The zero-order valence-electron chi connectivity index (χ0n) is 10.7. The van der Waals surface area contributed by atoms with Crippen molar-refractivity contribution in [3.05, 3.63) is 11.2 Å². The summed E-state index contributed by atoms with van der Waals surface area (Å²) in [6, 6.07) is 0. The smallest absolute Gasteiger partial charge is 0.224 e. The first kappa shape index (κ1) is 14.3. The van der Waals surface area contributed by atoms with Crippen molar-refractivity contribution in [3.63, 3.8) is 0 Å². The summed E-state index contributed by atoms with van der Waals surface area (Å²) in [6.45, 7) is 3.23. The van der Waals surface area contributed by atoms with Crippen LogP contribution >= 0.6 is 11.6 Å². The van der Waals surface area contributed by atoms with Gasteiger partial charge in [-0.05, 0) is 19.3 Å². The fourth-order valence-corrected chi connectivity index (χ4v) is 4.03. The molecule has 6 nitrogen and oxygen atoms in total. The van der Waals surface area contributed by atoms with Crippen molar-refractivity contribution in [3.8, 4) is 0 Å². The summed E-state index contributed by atoms with van der Waals surface area (Å²) in [4.78, 5) is 8.29. The van der Waals surface area contributed by atoms with E-state index in [4.69, 9.17) is 11.6 Å². The van der Waals surface area contributed by atoms with Crippen molar-refractivity contribution in [2.75, 3.05) is 35.2 Å². The second-order valence-corrected chi connectivity index (χ2v) is 7.21. The van der Waals surface area contributed by atoms with E-state index in [2.05, 4.69) is 20.6 Å². The molecule has 1 aromatic rings. The standard InChI is InChI=1S/C11H17ClN4O2S/c1-2-13-11-15-6-9(12)10(16-11)14-5-8-3-4-19(17,18)7-8/h6,8H,2-5,7H2,1H3,(H2,13,14,15,16). The zero-order valence-corrected chi connectivity index (χ0v) is 12.3. The monoisotopic (exact) mass is 304 g/mol. The Kier molecular flexibility index (Phi) is 4.46. The van der Waals surface area contributed by atoms with Crippen molar-refractivity contribution < 1.29 is 8.42 Å². The fraction of sp³-hybridized carbons (Fsp3) is 0.636. The maximum atomic E-state index is 11.4. The number of halogens is 1. The van der Waals surface area contributed by atoms with Crippen LogP contribution in [0.3, 0.4) is 0 Å². The summed E-state index contributed by atoms with van der Waals surface area (Å²) in [5.74, 6) is 1.69. The summed E-state index contributed by atoms with van der Waals surface area (Å²) in [7, 11) is -2.84. The highest BCUT2D eigenvalue weighted by molar-refractivity contribution is 7.91. The third-order valence-corrected chi connectivity index (χ3v) is 5.08. The average molecular weight is 305 g/mol. The molecule has 2 heterocycles. The third-order valence-electron chi connectivity index (χ3n) is 2.96. The molecule has 1 unspecified atom stereocenters.